The van der Waals surface area contributed by atoms with E-state index in [0.717, 1.165) is 22.6 Å². The second kappa shape index (κ2) is 3.67. The minimum absolute atomic E-state index is 0.642. The average Bonchev–Trinajstić information content (AvgIpc) is 2.67. The number of aromatic nitrogens is 2. The fraction of sp³-hybridized carbons (Fsp3) is 0.100. The number of hydrogen-bond acceptors (Lipinski definition) is 4. The normalized spacial score (nSPS) is 10.1. The van der Waals surface area contributed by atoms with E-state index in [0.29, 0.717) is 4.88 Å². The molecule has 14 heavy (non-hydrogen) atoms. The average molecular weight is 204 g/mol. The Kier molecular flexibility index (Phi) is 2.37. The Morgan fingerprint density at radius 2 is 2.29 bits per heavy atom. The van der Waals surface area contributed by atoms with Crippen LogP contribution >= 0.6 is 11.3 Å². The van der Waals surface area contributed by atoms with E-state index in [1.165, 1.54) is 11.3 Å². The molecule has 0 aliphatic heterocycles. The summed E-state index contributed by atoms with van der Waals surface area (Å²) in [5.41, 5.74) is 1.92. The number of aryl methyl sites for hydroxylation is 1. The van der Waals surface area contributed by atoms with Gasteiger partial charge in [-0.2, -0.15) is 0 Å². The molecule has 0 aliphatic rings. The van der Waals surface area contributed by atoms with Crippen LogP contribution < -0.4 is 0 Å². The summed E-state index contributed by atoms with van der Waals surface area (Å²) in [4.78, 5) is 19.5. The first-order valence-electron chi connectivity index (χ1n) is 4.14. The van der Waals surface area contributed by atoms with Gasteiger partial charge in [-0.15, -0.1) is 11.3 Å². The highest BCUT2D eigenvalue weighted by Gasteiger charge is 2.06. The van der Waals surface area contributed by atoms with Crippen LogP contribution in [0.15, 0.2) is 24.5 Å². The Bertz CT molecular complexity index is 465. The first-order valence-corrected chi connectivity index (χ1v) is 4.96. The third-order valence-electron chi connectivity index (χ3n) is 1.88. The van der Waals surface area contributed by atoms with E-state index >= 15 is 0 Å². The van der Waals surface area contributed by atoms with E-state index < -0.39 is 0 Å². The Morgan fingerprint density at radius 1 is 1.43 bits per heavy atom. The molecule has 0 unspecified atom stereocenters. The van der Waals surface area contributed by atoms with E-state index in [-0.39, 0.29) is 0 Å². The summed E-state index contributed by atoms with van der Waals surface area (Å²) in [5, 5.41) is 0.845. The Balaban J connectivity index is 2.49. The summed E-state index contributed by atoms with van der Waals surface area (Å²) in [6, 6.07) is 3.82. The minimum Gasteiger partial charge on any atom is -0.297 e. The van der Waals surface area contributed by atoms with Gasteiger partial charge in [-0.3, -0.25) is 9.78 Å². The molecule has 4 heteroatoms. The largest absolute Gasteiger partial charge is 0.297 e. The zero-order chi connectivity index (χ0) is 9.97. The quantitative estimate of drug-likeness (QED) is 0.705. The molecule has 0 fully saturated rings. The van der Waals surface area contributed by atoms with Gasteiger partial charge in [-0.05, 0) is 19.1 Å². The molecule has 0 atom stereocenters. The first-order chi connectivity index (χ1) is 6.81. The van der Waals surface area contributed by atoms with Crippen molar-refractivity contribution in [3.8, 4) is 10.6 Å². The van der Waals surface area contributed by atoms with Gasteiger partial charge in [-0.1, -0.05) is 0 Å². The highest BCUT2D eigenvalue weighted by Crippen LogP contribution is 2.25. The van der Waals surface area contributed by atoms with Crippen molar-refractivity contribution in [1.29, 1.82) is 0 Å². The predicted octanol–water partition coefficient (Wildman–Crippen LogP) is 2.33. The maximum Gasteiger partial charge on any atom is 0.161 e. The third kappa shape index (κ3) is 1.56. The van der Waals surface area contributed by atoms with Gasteiger partial charge in [-0.25, -0.2) is 4.98 Å². The first kappa shape index (κ1) is 9.02. The second-order valence-corrected chi connectivity index (χ2v) is 3.88. The second-order valence-electron chi connectivity index (χ2n) is 2.82. The van der Waals surface area contributed by atoms with Crippen LogP contribution in [0.5, 0.6) is 0 Å². The molecule has 0 radical (unpaired) electrons. The van der Waals surface area contributed by atoms with Gasteiger partial charge < -0.3 is 0 Å². The van der Waals surface area contributed by atoms with E-state index in [1.807, 2.05) is 19.1 Å². The van der Waals surface area contributed by atoms with Crippen molar-refractivity contribution < 1.29 is 4.79 Å². The predicted molar refractivity (Wildman–Crippen MR) is 55.5 cm³/mol. The molecule has 3 nitrogen and oxygen atoms in total. The summed E-state index contributed by atoms with van der Waals surface area (Å²) in [7, 11) is 0. The molecule has 0 spiro atoms. The molecule has 2 aromatic rings. The van der Waals surface area contributed by atoms with E-state index in [4.69, 9.17) is 0 Å². The summed E-state index contributed by atoms with van der Waals surface area (Å²) < 4.78 is 0. The molecular formula is C10H8N2OS. The summed E-state index contributed by atoms with van der Waals surface area (Å²) >= 11 is 1.38. The maximum absolute atomic E-state index is 10.5. The number of nitrogens with zero attached hydrogens (tertiary/aromatic N) is 2. The van der Waals surface area contributed by atoms with Crippen LogP contribution in [0.25, 0.3) is 10.6 Å². The van der Waals surface area contributed by atoms with Crippen LogP contribution in [-0.4, -0.2) is 16.3 Å². The maximum atomic E-state index is 10.5. The van der Waals surface area contributed by atoms with Crippen molar-refractivity contribution in [3.05, 3.63) is 35.1 Å². The molecule has 0 bridgehead atoms. The monoisotopic (exact) mass is 204 g/mol. The van der Waals surface area contributed by atoms with Gasteiger partial charge in [0.05, 0.1) is 4.88 Å². The van der Waals surface area contributed by atoms with Gasteiger partial charge in [0.1, 0.15) is 5.01 Å². The highest BCUT2D eigenvalue weighted by molar-refractivity contribution is 7.16. The Labute approximate surface area is 85.5 Å². The fourth-order valence-corrected chi connectivity index (χ4v) is 1.98. The minimum atomic E-state index is 0.642. The van der Waals surface area contributed by atoms with Gasteiger partial charge >= 0.3 is 0 Å². The molecule has 2 rings (SSSR count). The lowest BCUT2D eigenvalue weighted by atomic mass is 10.2. The number of rotatable bonds is 2. The lowest BCUT2D eigenvalue weighted by Crippen LogP contribution is -1.84. The molecule has 2 aromatic heterocycles. The van der Waals surface area contributed by atoms with Crippen LogP contribution in [0.1, 0.15) is 15.4 Å². The topological polar surface area (TPSA) is 42.9 Å². The molecule has 0 amide bonds. The Hall–Kier alpha value is -1.55. The smallest absolute Gasteiger partial charge is 0.161 e. The standard InChI is InChI=1S/C10H8N2OS/c1-7-9(3-2-4-11-7)10-12-5-8(6-13)14-10/h2-6H,1H3. The highest BCUT2D eigenvalue weighted by atomic mass is 32.1. The van der Waals surface area contributed by atoms with Gasteiger partial charge in [0.25, 0.3) is 0 Å². The molecule has 0 aliphatic carbocycles. The van der Waals surface area contributed by atoms with Crippen molar-refractivity contribution in [2.75, 3.05) is 0 Å². The third-order valence-corrected chi connectivity index (χ3v) is 2.83. The zero-order valence-electron chi connectivity index (χ0n) is 7.60. The van der Waals surface area contributed by atoms with E-state index in [2.05, 4.69) is 9.97 Å². The van der Waals surface area contributed by atoms with Gasteiger partial charge in [0.2, 0.25) is 0 Å². The number of carbonyl (C=O) groups excluding carboxylic acids is 1. The summed E-state index contributed by atoms with van der Waals surface area (Å²) in [6.45, 7) is 1.93. The molecule has 2 heterocycles. The molecule has 0 saturated carbocycles. The number of thiazole rings is 1. The molecular weight excluding hydrogens is 196 g/mol. The number of pyridine rings is 1. The van der Waals surface area contributed by atoms with Crippen molar-refractivity contribution in [1.82, 2.24) is 9.97 Å². The number of aldehydes is 1. The summed E-state index contributed by atoms with van der Waals surface area (Å²) in [5.74, 6) is 0. The van der Waals surface area contributed by atoms with Crippen LogP contribution in [0.2, 0.25) is 0 Å². The number of carbonyl (C=O) groups is 1. The molecule has 0 aromatic carbocycles. The zero-order valence-corrected chi connectivity index (χ0v) is 8.41. The fourth-order valence-electron chi connectivity index (χ4n) is 1.18. The van der Waals surface area contributed by atoms with Gasteiger partial charge in [0.15, 0.2) is 6.29 Å². The van der Waals surface area contributed by atoms with E-state index in [9.17, 15) is 4.79 Å². The Morgan fingerprint density at radius 3 is 2.93 bits per heavy atom. The van der Waals surface area contributed by atoms with Crippen LogP contribution in [0.3, 0.4) is 0 Å². The molecule has 0 saturated heterocycles. The van der Waals surface area contributed by atoms with Crippen molar-refractivity contribution in [2.24, 2.45) is 0 Å². The summed E-state index contributed by atoms with van der Waals surface area (Å²) in [6.07, 6.45) is 4.14. The lowest BCUT2D eigenvalue weighted by molar-refractivity contribution is 0.112. The van der Waals surface area contributed by atoms with E-state index in [1.54, 1.807) is 12.4 Å². The van der Waals surface area contributed by atoms with Crippen LogP contribution in [0.4, 0.5) is 0 Å². The SMILES string of the molecule is Cc1ncccc1-c1ncc(C=O)s1. The number of hydrogen-bond donors (Lipinski definition) is 0. The lowest BCUT2D eigenvalue weighted by Gasteiger charge is -1.98. The van der Waals surface area contributed by atoms with Crippen LogP contribution in [0, 0.1) is 6.92 Å². The molecule has 0 N–H and O–H groups in total. The van der Waals surface area contributed by atoms with Crippen LogP contribution in [-0.2, 0) is 0 Å². The van der Waals surface area contributed by atoms with Gasteiger partial charge in [0, 0.05) is 23.7 Å². The molecule has 70 valence electrons. The van der Waals surface area contributed by atoms with Crippen molar-refractivity contribution >= 4 is 17.6 Å². The van der Waals surface area contributed by atoms with Crippen molar-refractivity contribution in [2.45, 2.75) is 6.92 Å². The van der Waals surface area contributed by atoms with Crippen molar-refractivity contribution in [3.63, 3.8) is 0 Å².